The summed E-state index contributed by atoms with van der Waals surface area (Å²) in [5.74, 6) is -0.300. The maximum absolute atomic E-state index is 13.1. The number of amides is 1. The normalized spacial score (nSPS) is 10.2. The number of carbonyl (C=O) groups is 2. The number of benzene rings is 2. The quantitative estimate of drug-likeness (QED) is 0.822. The van der Waals surface area contributed by atoms with Crippen LogP contribution in [0, 0.1) is 5.82 Å². The van der Waals surface area contributed by atoms with Crippen LogP contribution in [-0.4, -0.2) is 24.7 Å². The number of hydrogen-bond donors (Lipinski definition) is 1. The van der Waals surface area contributed by atoms with Crippen molar-refractivity contribution in [1.29, 1.82) is 0 Å². The van der Waals surface area contributed by atoms with Gasteiger partial charge >= 0.3 is 5.97 Å². The first-order valence-corrected chi connectivity index (χ1v) is 8.05. The molecule has 1 amide bonds. The van der Waals surface area contributed by atoms with E-state index in [1.807, 2.05) is 0 Å². The van der Waals surface area contributed by atoms with Crippen molar-refractivity contribution in [2.24, 2.45) is 0 Å². The van der Waals surface area contributed by atoms with Crippen LogP contribution in [0.25, 0.3) is 0 Å². The minimum atomic E-state index is -0.506. The first-order valence-electron chi connectivity index (χ1n) is 6.89. The van der Waals surface area contributed by atoms with Crippen molar-refractivity contribution >= 4 is 29.3 Å². The van der Waals surface area contributed by atoms with E-state index in [2.05, 4.69) is 10.1 Å². The van der Waals surface area contributed by atoms with Gasteiger partial charge in [0.2, 0.25) is 5.91 Å². The molecule has 0 saturated carbocycles. The maximum atomic E-state index is 13.1. The van der Waals surface area contributed by atoms with Crippen molar-refractivity contribution in [2.45, 2.75) is 5.75 Å². The number of thioether (sulfide) groups is 1. The molecule has 0 fully saturated rings. The Morgan fingerprint density at radius 3 is 2.70 bits per heavy atom. The van der Waals surface area contributed by atoms with Crippen molar-refractivity contribution < 1.29 is 18.7 Å². The van der Waals surface area contributed by atoms with Gasteiger partial charge in [-0.3, -0.25) is 4.79 Å². The average Bonchev–Trinajstić information content (AvgIpc) is 2.55. The summed E-state index contributed by atoms with van der Waals surface area (Å²) in [6.45, 7) is 0. The van der Waals surface area contributed by atoms with Gasteiger partial charge in [0.15, 0.2) is 0 Å². The molecule has 2 aromatic carbocycles. The number of halogens is 1. The van der Waals surface area contributed by atoms with Crippen molar-refractivity contribution in [3.8, 4) is 0 Å². The fourth-order valence-corrected chi connectivity index (χ4v) is 2.73. The Labute approximate surface area is 138 Å². The zero-order chi connectivity index (χ0) is 16.7. The van der Waals surface area contributed by atoms with Crippen LogP contribution in [0.2, 0.25) is 0 Å². The van der Waals surface area contributed by atoms with Crippen LogP contribution < -0.4 is 5.32 Å². The van der Waals surface area contributed by atoms with Gasteiger partial charge in [-0.15, -0.1) is 11.8 Å². The van der Waals surface area contributed by atoms with E-state index in [1.165, 1.54) is 31.0 Å². The zero-order valence-electron chi connectivity index (χ0n) is 12.5. The van der Waals surface area contributed by atoms with E-state index >= 15 is 0 Å². The largest absolute Gasteiger partial charge is 0.465 e. The van der Waals surface area contributed by atoms with Crippen LogP contribution in [0.3, 0.4) is 0 Å². The van der Waals surface area contributed by atoms with Crippen molar-refractivity contribution in [3.05, 3.63) is 65.5 Å². The van der Waals surface area contributed by atoms with Gasteiger partial charge in [-0.25, -0.2) is 9.18 Å². The van der Waals surface area contributed by atoms with Crippen LogP contribution in [0.15, 0.2) is 48.5 Å². The monoisotopic (exact) mass is 333 g/mol. The molecule has 0 spiro atoms. The molecule has 2 rings (SSSR count). The minimum Gasteiger partial charge on any atom is -0.465 e. The van der Waals surface area contributed by atoms with Crippen molar-refractivity contribution in [3.63, 3.8) is 0 Å². The van der Waals surface area contributed by atoms with Crippen LogP contribution in [0.1, 0.15) is 15.9 Å². The lowest BCUT2D eigenvalue weighted by Gasteiger charge is -2.09. The number of para-hydroxylation sites is 1. The number of carbonyl (C=O) groups excluding carboxylic acids is 2. The predicted octanol–water partition coefficient (Wildman–Crippen LogP) is 3.48. The maximum Gasteiger partial charge on any atom is 0.339 e. The van der Waals surface area contributed by atoms with Crippen molar-refractivity contribution in [2.75, 3.05) is 18.2 Å². The molecular formula is C17H16FNO3S. The summed E-state index contributed by atoms with van der Waals surface area (Å²) in [6, 6.07) is 12.9. The Kier molecular flexibility index (Phi) is 6.17. The average molecular weight is 333 g/mol. The first kappa shape index (κ1) is 17.0. The van der Waals surface area contributed by atoms with E-state index in [9.17, 15) is 14.0 Å². The smallest absolute Gasteiger partial charge is 0.339 e. The van der Waals surface area contributed by atoms with Gasteiger partial charge in [0.05, 0.1) is 24.1 Å². The van der Waals surface area contributed by atoms with Crippen LogP contribution in [-0.2, 0) is 15.3 Å². The standard InChI is InChI=1S/C17H16FNO3S/c1-22-17(21)14-7-2-3-8-15(14)19-16(20)11-23-10-12-5-4-6-13(18)9-12/h2-9H,10-11H2,1H3,(H,19,20). The van der Waals surface area contributed by atoms with Crippen LogP contribution in [0.4, 0.5) is 10.1 Å². The van der Waals surface area contributed by atoms with Gasteiger partial charge in [0.1, 0.15) is 5.82 Å². The topological polar surface area (TPSA) is 55.4 Å². The Hall–Kier alpha value is -2.34. The van der Waals surface area contributed by atoms with E-state index in [0.717, 1.165) is 5.56 Å². The fraction of sp³-hybridized carbons (Fsp3) is 0.176. The van der Waals surface area contributed by atoms with Crippen LogP contribution in [0.5, 0.6) is 0 Å². The number of hydrogen-bond acceptors (Lipinski definition) is 4. The molecule has 0 aliphatic carbocycles. The molecule has 23 heavy (non-hydrogen) atoms. The minimum absolute atomic E-state index is 0.200. The fourth-order valence-electron chi connectivity index (χ4n) is 1.95. The summed E-state index contributed by atoms with van der Waals surface area (Å²) in [5.41, 5.74) is 1.53. The molecule has 0 unspecified atom stereocenters. The lowest BCUT2D eigenvalue weighted by Crippen LogP contribution is -2.17. The number of ether oxygens (including phenoxy) is 1. The summed E-state index contributed by atoms with van der Waals surface area (Å²) in [4.78, 5) is 23.6. The number of methoxy groups -OCH3 is 1. The molecule has 0 aliphatic heterocycles. The predicted molar refractivity (Wildman–Crippen MR) is 89.0 cm³/mol. The highest BCUT2D eigenvalue weighted by Crippen LogP contribution is 2.18. The summed E-state index contributed by atoms with van der Waals surface area (Å²) in [6.07, 6.45) is 0. The third-order valence-corrected chi connectivity index (χ3v) is 4.00. The van der Waals surface area contributed by atoms with Crippen LogP contribution >= 0.6 is 11.8 Å². The first-order chi connectivity index (χ1) is 11.1. The molecule has 0 aliphatic rings. The third kappa shape index (κ3) is 5.10. The molecule has 0 aromatic heterocycles. The number of esters is 1. The molecular weight excluding hydrogens is 317 g/mol. The highest BCUT2D eigenvalue weighted by Gasteiger charge is 2.13. The van der Waals surface area contributed by atoms with Gasteiger partial charge in [0.25, 0.3) is 0 Å². The second kappa shape index (κ2) is 8.33. The van der Waals surface area contributed by atoms with Gasteiger partial charge in [0, 0.05) is 5.75 Å². The molecule has 2 aromatic rings. The molecule has 0 atom stereocenters. The van der Waals surface area contributed by atoms with Gasteiger partial charge in [-0.1, -0.05) is 24.3 Å². The van der Waals surface area contributed by atoms with Gasteiger partial charge in [-0.05, 0) is 29.8 Å². The van der Waals surface area contributed by atoms with Crippen molar-refractivity contribution in [1.82, 2.24) is 0 Å². The zero-order valence-corrected chi connectivity index (χ0v) is 13.4. The lowest BCUT2D eigenvalue weighted by atomic mass is 10.2. The molecule has 0 saturated heterocycles. The SMILES string of the molecule is COC(=O)c1ccccc1NC(=O)CSCc1cccc(F)c1. The highest BCUT2D eigenvalue weighted by molar-refractivity contribution is 7.99. The van der Waals surface area contributed by atoms with E-state index in [0.29, 0.717) is 17.0 Å². The highest BCUT2D eigenvalue weighted by atomic mass is 32.2. The molecule has 0 radical (unpaired) electrons. The van der Waals surface area contributed by atoms with E-state index in [1.54, 1.807) is 36.4 Å². The van der Waals surface area contributed by atoms with Gasteiger partial charge < -0.3 is 10.1 Å². The molecule has 1 N–H and O–H groups in total. The summed E-state index contributed by atoms with van der Waals surface area (Å²) in [5, 5.41) is 2.69. The van der Waals surface area contributed by atoms with Gasteiger partial charge in [-0.2, -0.15) is 0 Å². The molecule has 0 bridgehead atoms. The molecule has 4 nitrogen and oxygen atoms in total. The number of nitrogens with one attached hydrogen (secondary N) is 1. The van der Waals surface area contributed by atoms with E-state index in [4.69, 9.17) is 0 Å². The lowest BCUT2D eigenvalue weighted by molar-refractivity contribution is -0.113. The summed E-state index contributed by atoms with van der Waals surface area (Å²) >= 11 is 1.37. The van der Waals surface area contributed by atoms with E-state index < -0.39 is 5.97 Å². The molecule has 0 heterocycles. The Balaban J connectivity index is 1.89. The summed E-state index contributed by atoms with van der Waals surface area (Å²) < 4.78 is 17.7. The number of anilines is 1. The second-order valence-corrected chi connectivity index (χ2v) is 5.69. The molecule has 6 heteroatoms. The Bertz CT molecular complexity index is 706. The van der Waals surface area contributed by atoms with E-state index in [-0.39, 0.29) is 17.5 Å². The number of rotatable bonds is 6. The second-order valence-electron chi connectivity index (χ2n) is 4.71. The Morgan fingerprint density at radius 2 is 1.96 bits per heavy atom. The Morgan fingerprint density at radius 1 is 1.17 bits per heavy atom. The molecule has 120 valence electrons. The third-order valence-electron chi connectivity index (χ3n) is 3.00. The summed E-state index contributed by atoms with van der Waals surface area (Å²) in [7, 11) is 1.29.